The Hall–Kier alpha value is -2.64. The zero-order chi connectivity index (χ0) is 20.8. The number of para-hydroxylation sites is 2. The Morgan fingerprint density at radius 3 is 2.39 bits per heavy atom. The number of methoxy groups -OCH3 is 1. The highest BCUT2D eigenvalue weighted by atomic mass is 35.5. The lowest BCUT2D eigenvalue weighted by molar-refractivity contribution is -0.00000661. The van der Waals surface area contributed by atoms with Gasteiger partial charge in [0.1, 0.15) is 5.75 Å². The van der Waals surface area contributed by atoms with Crippen LogP contribution >= 0.6 is 0 Å². The van der Waals surface area contributed by atoms with Crippen molar-refractivity contribution in [3.05, 3.63) is 66.0 Å². The zero-order valence-corrected chi connectivity index (χ0v) is 18.9. The highest BCUT2D eigenvalue weighted by molar-refractivity contribution is 5.58. The van der Waals surface area contributed by atoms with E-state index in [0.717, 1.165) is 50.6 Å². The van der Waals surface area contributed by atoms with Crippen LogP contribution in [0.4, 0.5) is 5.69 Å². The van der Waals surface area contributed by atoms with E-state index < -0.39 is 0 Å². The first-order valence-electron chi connectivity index (χ1n) is 10.7. The number of hydrogen-bond donors (Lipinski definition) is 0. The van der Waals surface area contributed by atoms with Crippen LogP contribution in [0.2, 0.25) is 0 Å². The van der Waals surface area contributed by atoms with Crippen LogP contribution in [0.3, 0.4) is 0 Å². The SMILES string of the molecule is CCCC(c1nnnn1Cc1ccccc1)N1CCN(c2ccccc2OC)CC1.[Cl-]. The summed E-state index contributed by atoms with van der Waals surface area (Å²) in [4.78, 5) is 4.94. The Morgan fingerprint density at radius 2 is 1.68 bits per heavy atom. The fraction of sp³-hybridized carbons (Fsp3) is 0.435. The van der Waals surface area contributed by atoms with E-state index in [1.165, 1.54) is 11.3 Å². The number of tetrazole rings is 1. The fourth-order valence-electron chi connectivity index (χ4n) is 4.23. The Balaban J connectivity index is 0.00000272. The van der Waals surface area contributed by atoms with Crippen LogP contribution in [-0.2, 0) is 6.54 Å². The number of benzene rings is 2. The topological polar surface area (TPSA) is 59.3 Å². The molecule has 1 unspecified atom stereocenters. The Morgan fingerprint density at radius 1 is 0.968 bits per heavy atom. The van der Waals surface area contributed by atoms with Gasteiger partial charge in [-0.05, 0) is 34.5 Å². The van der Waals surface area contributed by atoms with Crippen LogP contribution in [0.15, 0.2) is 54.6 Å². The van der Waals surface area contributed by atoms with Crippen LogP contribution in [0.5, 0.6) is 5.75 Å². The predicted molar refractivity (Wildman–Crippen MR) is 118 cm³/mol. The summed E-state index contributed by atoms with van der Waals surface area (Å²) in [5.41, 5.74) is 2.38. The molecule has 2 aromatic carbocycles. The lowest BCUT2D eigenvalue weighted by Crippen LogP contribution is -3.00. The summed E-state index contributed by atoms with van der Waals surface area (Å²) in [6.45, 7) is 6.79. The quantitative estimate of drug-likeness (QED) is 0.504. The van der Waals surface area contributed by atoms with E-state index in [-0.39, 0.29) is 18.4 Å². The number of piperazine rings is 1. The van der Waals surface area contributed by atoms with Crippen molar-refractivity contribution in [2.75, 3.05) is 38.2 Å². The molecule has 1 aromatic heterocycles. The molecule has 1 saturated heterocycles. The minimum Gasteiger partial charge on any atom is -1.00 e. The van der Waals surface area contributed by atoms with E-state index in [2.05, 4.69) is 68.6 Å². The molecular formula is C23H30ClN6O-. The smallest absolute Gasteiger partial charge is 0.168 e. The molecule has 0 saturated carbocycles. The molecule has 0 amide bonds. The number of rotatable bonds is 8. The van der Waals surface area contributed by atoms with Crippen LogP contribution in [-0.4, -0.2) is 58.4 Å². The summed E-state index contributed by atoms with van der Waals surface area (Å²) in [7, 11) is 1.74. The van der Waals surface area contributed by atoms with Gasteiger partial charge in [0.25, 0.3) is 0 Å². The van der Waals surface area contributed by atoms with Gasteiger partial charge in [-0.2, -0.15) is 0 Å². The molecule has 1 fully saturated rings. The van der Waals surface area contributed by atoms with Gasteiger partial charge in [-0.3, -0.25) is 4.90 Å². The first-order chi connectivity index (χ1) is 14.8. The molecule has 2 heterocycles. The Bertz CT molecular complexity index is 927. The molecule has 166 valence electrons. The van der Waals surface area contributed by atoms with E-state index in [0.29, 0.717) is 6.54 Å². The molecule has 8 heteroatoms. The van der Waals surface area contributed by atoms with Gasteiger partial charge in [0.15, 0.2) is 5.82 Å². The largest absolute Gasteiger partial charge is 1.00 e. The van der Waals surface area contributed by atoms with Crippen molar-refractivity contribution in [3.8, 4) is 5.75 Å². The van der Waals surface area contributed by atoms with Crippen molar-refractivity contribution in [1.29, 1.82) is 0 Å². The lowest BCUT2D eigenvalue weighted by Gasteiger charge is -2.40. The van der Waals surface area contributed by atoms with Crippen molar-refractivity contribution < 1.29 is 17.1 Å². The first kappa shape index (κ1) is 23.0. The van der Waals surface area contributed by atoms with Gasteiger partial charge in [0, 0.05) is 26.2 Å². The number of anilines is 1. The third-order valence-corrected chi connectivity index (χ3v) is 5.78. The maximum atomic E-state index is 5.56. The second-order valence-electron chi connectivity index (χ2n) is 7.68. The van der Waals surface area contributed by atoms with E-state index in [1.807, 2.05) is 22.9 Å². The van der Waals surface area contributed by atoms with Crippen LogP contribution in [0.1, 0.15) is 37.2 Å². The minimum absolute atomic E-state index is 0. The summed E-state index contributed by atoms with van der Waals surface area (Å²) in [5, 5.41) is 12.7. The number of ether oxygens (including phenoxy) is 1. The molecule has 1 atom stereocenters. The predicted octanol–water partition coefficient (Wildman–Crippen LogP) is 0.397. The van der Waals surface area contributed by atoms with Crippen molar-refractivity contribution >= 4 is 5.69 Å². The first-order valence-corrected chi connectivity index (χ1v) is 10.7. The van der Waals surface area contributed by atoms with Gasteiger partial charge in [0.2, 0.25) is 0 Å². The average molecular weight is 442 g/mol. The molecule has 1 aliphatic heterocycles. The third-order valence-electron chi connectivity index (χ3n) is 5.78. The molecule has 1 aliphatic rings. The van der Waals surface area contributed by atoms with E-state index in [4.69, 9.17) is 4.74 Å². The second-order valence-corrected chi connectivity index (χ2v) is 7.68. The number of aromatic nitrogens is 4. The van der Waals surface area contributed by atoms with Crippen molar-refractivity contribution in [2.24, 2.45) is 0 Å². The molecule has 0 radical (unpaired) electrons. The fourth-order valence-corrected chi connectivity index (χ4v) is 4.23. The normalized spacial score (nSPS) is 15.4. The molecule has 3 aromatic rings. The second kappa shape index (κ2) is 11.1. The lowest BCUT2D eigenvalue weighted by atomic mass is 10.1. The third kappa shape index (κ3) is 5.35. The number of hydrogen-bond acceptors (Lipinski definition) is 6. The molecule has 4 rings (SSSR count). The minimum atomic E-state index is 0. The molecule has 0 N–H and O–H groups in total. The molecule has 0 aliphatic carbocycles. The Labute approximate surface area is 190 Å². The van der Waals surface area contributed by atoms with Crippen LogP contribution in [0.25, 0.3) is 0 Å². The van der Waals surface area contributed by atoms with Crippen molar-refractivity contribution in [2.45, 2.75) is 32.4 Å². The van der Waals surface area contributed by atoms with Crippen LogP contribution < -0.4 is 22.0 Å². The summed E-state index contributed by atoms with van der Waals surface area (Å²) in [6.07, 6.45) is 2.14. The van der Waals surface area contributed by atoms with Gasteiger partial charge in [-0.1, -0.05) is 55.8 Å². The highest BCUT2D eigenvalue weighted by Gasteiger charge is 2.29. The van der Waals surface area contributed by atoms with Crippen molar-refractivity contribution in [3.63, 3.8) is 0 Å². The summed E-state index contributed by atoms with van der Waals surface area (Å²) in [5.74, 6) is 1.90. The van der Waals surface area contributed by atoms with E-state index >= 15 is 0 Å². The summed E-state index contributed by atoms with van der Waals surface area (Å²) in [6, 6.07) is 18.9. The van der Waals surface area contributed by atoms with Crippen LogP contribution in [0, 0.1) is 0 Å². The molecular weight excluding hydrogens is 412 g/mol. The maximum Gasteiger partial charge on any atom is 0.168 e. The molecule has 31 heavy (non-hydrogen) atoms. The number of halogens is 1. The summed E-state index contributed by atoms with van der Waals surface area (Å²) < 4.78 is 7.52. The zero-order valence-electron chi connectivity index (χ0n) is 18.2. The maximum absolute atomic E-state index is 5.56. The number of nitrogens with zero attached hydrogens (tertiary/aromatic N) is 6. The molecule has 7 nitrogen and oxygen atoms in total. The standard InChI is InChI=1S/C23H30N6O.ClH/c1-3-9-21(23-24-25-26-29(23)18-19-10-5-4-6-11-19)28-16-14-27(15-17-28)20-12-7-8-13-22(20)30-2;/h4-8,10-13,21H,3,9,14-18H2,1-2H3;1H/p-1. The van der Waals surface area contributed by atoms with Gasteiger partial charge >= 0.3 is 0 Å². The van der Waals surface area contributed by atoms with Gasteiger partial charge in [-0.25, -0.2) is 4.68 Å². The van der Waals surface area contributed by atoms with E-state index in [9.17, 15) is 0 Å². The van der Waals surface area contributed by atoms with E-state index in [1.54, 1.807) is 7.11 Å². The van der Waals surface area contributed by atoms with Gasteiger partial charge < -0.3 is 22.0 Å². The van der Waals surface area contributed by atoms with Crippen molar-refractivity contribution in [1.82, 2.24) is 25.1 Å². The molecule has 0 bridgehead atoms. The average Bonchev–Trinajstić information content (AvgIpc) is 3.26. The molecule has 0 spiro atoms. The van der Waals surface area contributed by atoms with Gasteiger partial charge in [0.05, 0.1) is 25.4 Å². The van der Waals surface area contributed by atoms with Gasteiger partial charge in [-0.15, -0.1) is 5.10 Å². The highest BCUT2D eigenvalue weighted by Crippen LogP contribution is 2.31. The Kier molecular flexibility index (Phi) is 8.26. The summed E-state index contributed by atoms with van der Waals surface area (Å²) >= 11 is 0. The monoisotopic (exact) mass is 441 g/mol.